The second-order valence-corrected chi connectivity index (χ2v) is 14.5. The Morgan fingerprint density at radius 2 is 1.61 bits per heavy atom. The van der Waals surface area contributed by atoms with Gasteiger partial charge in [0.2, 0.25) is 10.0 Å². The van der Waals surface area contributed by atoms with E-state index in [1.54, 1.807) is 32.9 Å². The van der Waals surface area contributed by atoms with Crippen LogP contribution >= 0.6 is 0 Å². The molecule has 0 heterocycles. The van der Waals surface area contributed by atoms with Gasteiger partial charge in [-0.15, -0.1) is 0 Å². The summed E-state index contributed by atoms with van der Waals surface area (Å²) in [4.78, 5) is 37.5. The van der Waals surface area contributed by atoms with Crippen LogP contribution in [0.15, 0.2) is 66.7 Å². The molecular weight excluding hydrogens is 610 g/mol. The Balaban J connectivity index is 1.71. The molecule has 2 amide bonds. The minimum absolute atomic E-state index is 0.0391. The first-order chi connectivity index (χ1) is 21.4. The van der Waals surface area contributed by atoms with E-state index in [2.05, 4.69) is 4.72 Å². The maximum Gasteiger partial charge on any atom is 0.410 e. The highest BCUT2D eigenvalue weighted by Crippen LogP contribution is 2.26. The van der Waals surface area contributed by atoms with Crippen LogP contribution in [-0.2, 0) is 27.6 Å². The van der Waals surface area contributed by atoms with Gasteiger partial charge in [-0.25, -0.2) is 17.9 Å². The number of hydrogen-bond donors (Lipinski definition) is 2. The molecule has 1 atom stereocenters. The number of aryl methyl sites for hydroxylation is 1. The Morgan fingerprint density at radius 3 is 2.15 bits per heavy atom. The smallest absolute Gasteiger partial charge is 0.410 e. The lowest BCUT2D eigenvalue weighted by Crippen LogP contribution is -2.40. The van der Waals surface area contributed by atoms with Crippen molar-refractivity contribution in [1.29, 1.82) is 0 Å². The summed E-state index contributed by atoms with van der Waals surface area (Å²) in [5, 5.41) is 21.8. The van der Waals surface area contributed by atoms with Gasteiger partial charge in [-0.05, 0) is 92.0 Å². The van der Waals surface area contributed by atoms with Crippen LogP contribution in [-0.4, -0.2) is 60.3 Å². The molecule has 0 bridgehead atoms. The highest BCUT2D eigenvalue weighted by atomic mass is 32.2. The van der Waals surface area contributed by atoms with E-state index in [-0.39, 0.29) is 18.2 Å². The van der Waals surface area contributed by atoms with Gasteiger partial charge in [0.15, 0.2) is 0 Å². The molecule has 0 saturated heterocycles. The third kappa shape index (κ3) is 11.3. The number of amides is 2. The molecule has 11 nitrogen and oxygen atoms in total. The van der Waals surface area contributed by atoms with E-state index < -0.39 is 38.7 Å². The fourth-order valence-corrected chi connectivity index (χ4v) is 5.33. The predicted molar refractivity (Wildman–Crippen MR) is 177 cm³/mol. The van der Waals surface area contributed by atoms with Gasteiger partial charge in [0.05, 0.1) is 23.8 Å². The fourth-order valence-electron chi connectivity index (χ4n) is 4.88. The number of aliphatic hydroxyl groups excluding tert-OH is 1. The van der Waals surface area contributed by atoms with Crippen molar-refractivity contribution in [3.05, 3.63) is 99.1 Å². The van der Waals surface area contributed by atoms with Crippen molar-refractivity contribution >= 4 is 27.7 Å². The van der Waals surface area contributed by atoms with E-state index in [1.165, 1.54) is 29.2 Å². The van der Waals surface area contributed by atoms with Crippen molar-refractivity contribution in [2.45, 2.75) is 65.6 Å². The predicted octanol–water partition coefficient (Wildman–Crippen LogP) is 6.05. The van der Waals surface area contributed by atoms with Crippen molar-refractivity contribution in [3.63, 3.8) is 0 Å². The first-order valence-corrected chi connectivity index (χ1v) is 17.0. The summed E-state index contributed by atoms with van der Waals surface area (Å²) in [5.41, 5.74) is 3.60. The first-order valence-electron chi connectivity index (χ1n) is 15.1. The molecule has 2 N–H and O–H groups in total. The highest BCUT2D eigenvalue weighted by molar-refractivity contribution is 7.89. The van der Waals surface area contributed by atoms with Gasteiger partial charge in [-0.1, -0.05) is 50.2 Å². The standard InChI is InChI=1S/C34H43N3O8S/c1-23(2)20-28-21-27(15-18-30(28)32(39)35-46(6,43)44)25-11-9-24(10-12-25)8-7-19-36(33(40)45-34(3,4)5)22-31(38)26-13-16-29(17-14-26)37(41)42/h9-18,21,23,31,38H,7-8,19-20,22H2,1-6H3,(H,35,39)/t31-/m0/s1. The van der Waals surface area contributed by atoms with Crippen molar-refractivity contribution in [2.75, 3.05) is 19.3 Å². The van der Waals surface area contributed by atoms with Gasteiger partial charge in [0, 0.05) is 24.2 Å². The third-order valence-electron chi connectivity index (χ3n) is 6.97. The zero-order chi connectivity index (χ0) is 34.2. The van der Waals surface area contributed by atoms with Gasteiger partial charge in [0.25, 0.3) is 11.6 Å². The van der Waals surface area contributed by atoms with E-state index in [9.17, 15) is 33.2 Å². The number of aliphatic hydroxyl groups is 1. The lowest BCUT2D eigenvalue weighted by atomic mass is 9.93. The minimum Gasteiger partial charge on any atom is -0.444 e. The topological polar surface area (TPSA) is 156 Å². The van der Waals surface area contributed by atoms with E-state index >= 15 is 0 Å². The van der Waals surface area contributed by atoms with E-state index in [1.807, 2.05) is 44.2 Å². The second-order valence-electron chi connectivity index (χ2n) is 12.8. The molecule has 248 valence electrons. The van der Waals surface area contributed by atoms with Crippen LogP contribution in [0.1, 0.15) is 74.2 Å². The number of carbonyl (C=O) groups is 2. The van der Waals surface area contributed by atoms with Crippen molar-refractivity contribution in [1.82, 2.24) is 9.62 Å². The number of nitrogens with one attached hydrogen (secondary N) is 1. The van der Waals surface area contributed by atoms with Gasteiger partial charge in [0.1, 0.15) is 5.60 Å². The Bertz CT molecular complexity index is 1630. The number of benzene rings is 3. The summed E-state index contributed by atoms with van der Waals surface area (Å²) >= 11 is 0. The van der Waals surface area contributed by atoms with Crippen molar-refractivity contribution in [2.24, 2.45) is 5.92 Å². The van der Waals surface area contributed by atoms with Crippen molar-refractivity contribution < 1.29 is 32.8 Å². The molecule has 0 aliphatic rings. The van der Waals surface area contributed by atoms with Crippen LogP contribution in [0, 0.1) is 16.0 Å². The van der Waals surface area contributed by atoms with Crippen molar-refractivity contribution in [3.8, 4) is 11.1 Å². The number of nitrogens with zero attached hydrogens (tertiary/aromatic N) is 2. The molecule has 0 aromatic heterocycles. The molecule has 0 unspecified atom stereocenters. The molecule has 0 fully saturated rings. The lowest BCUT2D eigenvalue weighted by molar-refractivity contribution is -0.384. The van der Waals surface area contributed by atoms with Crippen LogP contribution in [0.4, 0.5) is 10.5 Å². The summed E-state index contributed by atoms with van der Waals surface area (Å²) in [5.74, 6) is -0.404. The average molecular weight is 654 g/mol. The SMILES string of the molecule is CC(C)Cc1cc(-c2ccc(CCCN(C[C@H](O)c3ccc([N+](=O)[O-])cc3)C(=O)OC(C)(C)C)cc2)ccc1C(=O)NS(C)(=O)=O. The largest absolute Gasteiger partial charge is 0.444 e. The quantitative estimate of drug-likeness (QED) is 0.167. The number of nitro benzene ring substituents is 1. The molecule has 46 heavy (non-hydrogen) atoms. The number of sulfonamides is 1. The second kappa shape index (κ2) is 15.3. The van der Waals surface area contributed by atoms with Crippen LogP contribution < -0.4 is 4.72 Å². The summed E-state index contributed by atoms with van der Waals surface area (Å²) in [7, 11) is -3.69. The first kappa shape index (κ1) is 36.2. The molecule has 3 aromatic carbocycles. The summed E-state index contributed by atoms with van der Waals surface area (Å²) in [6.07, 6.45) is 1.17. The number of nitro groups is 1. The Labute approximate surface area is 270 Å². The minimum atomic E-state index is -3.69. The van der Waals surface area contributed by atoms with E-state index in [4.69, 9.17) is 4.74 Å². The van der Waals surface area contributed by atoms with Gasteiger partial charge in [-0.2, -0.15) is 0 Å². The van der Waals surface area contributed by atoms with Gasteiger partial charge in [-0.3, -0.25) is 14.9 Å². The summed E-state index contributed by atoms with van der Waals surface area (Å²) in [6.45, 7) is 9.63. The number of carbonyl (C=O) groups excluding carboxylic acids is 2. The van der Waals surface area contributed by atoms with Gasteiger partial charge < -0.3 is 14.7 Å². The fraction of sp³-hybridized carbons (Fsp3) is 0.412. The Hall–Kier alpha value is -4.29. The maximum absolute atomic E-state index is 13.0. The van der Waals surface area contributed by atoms with E-state index in [0.717, 1.165) is 28.5 Å². The zero-order valence-corrected chi connectivity index (χ0v) is 28.0. The molecule has 0 spiro atoms. The molecule has 0 aliphatic heterocycles. The number of hydrogen-bond acceptors (Lipinski definition) is 8. The Morgan fingerprint density at radius 1 is 1.00 bits per heavy atom. The molecule has 0 saturated carbocycles. The molecule has 0 radical (unpaired) electrons. The highest BCUT2D eigenvalue weighted by Gasteiger charge is 2.25. The third-order valence-corrected chi connectivity index (χ3v) is 7.53. The number of non-ortho nitro benzene ring substituents is 1. The number of ether oxygens (including phenoxy) is 1. The normalized spacial score (nSPS) is 12.4. The van der Waals surface area contributed by atoms with Crippen LogP contribution in [0.5, 0.6) is 0 Å². The zero-order valence-electron chi connectivity index (χ0n) is 27.1. The maximum atomic E-state index is 13.0. The Kier molecular flexibility index (Phi) is 12.1. The van der Waals surface area contributed by atoms with Crippen LogP contribution in [0.25, 0.3) is 11.1 Å². The average Bonchev–Trinajstić information content (AvgIpc) is 2.94. The molecular formula is C34H43N3O8S. The van der Waals surface area contributed by atoms with Gasteiger partial charge >= 0.3 is 6.09 Å². The molecule has 0 aliphatic carbocycles. The van der Waals surface area contributed by atoms with Crippen LogP contribution in [0.2, 0.25) is 0 Å². The number of rotatable bonds is 13. The molecule has 12 heteroatoms. The monoisotopic (exact) mass is 653 g/mol. The van der Waals surface area contributed by atoms with Crippen LogP contribution in [0.3, 0.4) is 0 Å². The lowest BCUT2D eigenvalue weighted by Gasteiger charge is -2.29. The summed E-state index contributed by atoms with van der Waals surface area (Å²) < 4.78 is 30.9. The molecule has 3 aromatic rings. The molecule has 3 rings (SSSR count). The van der Waals surface area contributed by atoms with E-state index in [0.29, 0.717) is 36.9 Å². The summed E-state index contributed by atoms with van der Waals surface area (Å²) in [6, 6.07) is 18.9.